The molecule has 0 unspecified atom stereocenters. The van der Waals surface area contributed by atoms with Crippen LogP contribution < -0.4 is 5.32 Å². The van der Waals surface area contributed by atoms with Crippen LogP contribution in [0.3, 0.4) is 0 Å². The molecule has 0 fully saturated rings. The number of aromatic nitrogens is 2. The lowest BCUT2D eigenvalue weighted by Crippen LogP contribution is -2.05. The first-order valence-corrected chi connectivity index (χ1v) is 7.14. The zero-order valence-corrected chi connectivity index (χ0v) is 12.4. The van der Waals surface area contributed by atoms with Gasteiger partial charge in [-0.2, -0.15) is 0 Å². The number of rotatable bonds is 4. The first kappa shape index (κ1) is 13.9. The molecule has 0 radical (unpaired) electrons. The van der Waals surface area contributed by atoms with E-state index in [-0.39, 0.29) is 6.61 Å². The highest BCUT2D eigenvalue weighted by molar-refractivity contribution is 6.31. The van der Waals surface area contributed by atoms with E-state index in [4.69, 9.17) is 16.7 Å². The van der Waals surface area contributed by atoms with Crippen molar-refractivity contribution in [2.75, 3.05) is 18.5 Å². The SMILES string of the molecule is Cn1c(-c2ccc(NCCO)cc2)nc2ccc(Cl)cc21. The van der Waals surface area contributed by atoms with Crippen LogP contribution in [0.2, 0.25) is 5.02 Å². The molecule has 0 atom stereocenters. The molecule has 0 spiro atoms. The molecule has 3 aromatic rings. The lowest BCUT2D eigenvalue weighted by molar-refractivity contribution is 0.311. The van der Waals surface area contributed by atoms with Gasteiger partial charge in [-0.1, -0.05) is 11.6 Å². The summed E-state index contributed by atoms with van der Waals surface area (Å²) >= 11 is 6.05. The van der Waals surface area contributed by atoms with Crippen LogP contribution in [0.4, 0.5) is 5.69 Å². The van der Waals surface area contributed by atoms with Crippen molar-refractivity contribution in [1.82, 2.24) is 9.55 Å². The van der Waals surface area contributed by atoms with Crippen molar-refractivity contribution >= 4 is 28.3 Å². The van der Waals surface area contributed by atoms with Crippen LogP contribution in [0, 0.1) is 0 Å². The lowest BCUT2D eigenvalue weighted by atomic mass is 10.2. The van der Waals surface area contributed by atoms with E-state index < -0.39 is 0 Å². The molecule has 21 heavy (non-hydrogen) atoms. The normalized spacial score (nSPS) is 11.0. The predicted octanol–water partition coefficient (Wildman–Crippen LogP) is 3.30. The molecule has 0 bridgehead atoms. The zero-order chi connectivity index (χ0) is 14.8. The van der Waals surface area contributed by atoms with Gasteiger partial charge < -0.3 is 15.0 Å². The molecular weight excluding hydrogens is 286 g/mol. The van der Waals surface area contributed by atoms with Crippen LogP contribution in [0.25, 0.3) is 22.4 Å². The van der Waals surface area contributed by atoms with E-state index in [9.17, 15) is 0 Å². The maximum Gasteiger partial charge on any atom is 0.140 e. The van der Waals surface area contributed by atoms with Gasteiger partial charge in [0.05, 0.1) is 17.6 Å². The largest absolute Gasteiger partial charge is 0.395 e. The molecular formula is C16H16ClN3O. The Morgan fingerprint density at radius 2 is 1.95 bits per heavy atom. The average molecular weight is 302 g/mol. The molecule has 0 aliphatic carbocycles. The Bertz CT molecular complexity index is 765. The van der Waals surface area contributed by atoms with E-state index in [0.717, 1.165) is 28.1 Å². The van der Waals surface area contributed by atoms with E-state index >= 15 is 0 Å². The van der Waals surface area contributed by atoms with E-state index in [0.29, 0.717) is 11.6 Å². The van der Waals surface area contributed by atoms with Crippen LogP contribution >= 0.6 is 11.6 Å². The number of aryl methyl sites for hydroxylation is 1. The van der Waals surface area contributed by atoms with Gasteiger partial charge in [0, 0.05) is 29.9 Å². The van der Waals surface area contributed by atoms with Crippen molar-refractivity contribution in [2.24, 2.45) is 7.05 Å². The third kappa shape index (κ3) is 2.73. The quantitative estimate of drug-likeness (QED) is 0.777. The number of nitrogens with one attached hydrogen (secondary N) is 1. The monoisotopic (exact) mass is 301 g/mol. The fourth-order valence-electron chi connectivity index (χ4n) is 2.36. The third-order valence-corrected chi connectivity index (χ3v) is 3.66. The molecule has 1 heterocycles. The Morgan fingerprint density at radius 3 is 2.67 bits per heavy atom. The smallest absolute Gasteiger partial charge is 0.140 e. The van der Waals surface area contributed by atoms with Crippen molar-refractivity contribution in [3.8, 4) is 11.4 Å². The Balaban J connectivity index is 1.98. The van der Waals surface area contributed by atoms with Gasteiger partial charge >= 0.3 is 0 Å². The number of hydrogen-bond acceptors (Lipinski definition) is 3. The van der Waals surface area contributed by atoms with Crippen molar-refractivity contribution in [1.29, 1.82) is 0 Å². The molecule has 2 N–H and O–H groups in total. The second kappa shape index (κ2) is 5.76. The molecule has 4 nitrogen and oxygen atoms in total. The van der Waals surface area contributed by atoms with Crippen molar-refractivity contribution in [3.63, 3.8) is 0 Å². The standard InChI is InChI=1S/C16H16ClN3O/c1-20-15-10-12(17)4-7-14(15)19-16(20)11-2-5-13(6-3-11)18-8-9-21/h2-7,10,18,21H,8-9H2,1H3. The third-order valence-electron chi connectivity index (χ3n) is 3.43. The number of fused-ring (bicyclic) bond motifs is 1. The number of aliphatic hydroxyl groups excluding tert-OH is 1. The summed E-state index contributed by atoms with van der Waals surface area (Å²) in [5.41, 5.74) is 3.97. The Labute approximate surface area is 128 Å². The highest BCUT2D eigenvalue weighted by atomic mass is 35.5. The lowest BCUT2D eigenvalue weighted by Gasteiger charge is -2.06. The molecule has 5 heteroatoms. The molecule has 2 aromatic carbocycles. The van der Waals surface area contributed by atoms with Crippen molar-refractivity contribution in [2.45, 2.75) is 0 Å². The molecule has 0 saturated heterocycles. The topological polar surface area (TPSA) is 50.1 Å². The fourth-order valence-corrected chi connectivity index (χ4v) is 2.52. The van der Waals surface area contributed by atoms with Gasteiger partial charge in [-0.3, -0.25) is 0 Å². The number of benzene rings is 2. The molecule has 0 amide bonds. The van der Waals surface area contributed by atoms with Crippen LogP contribution in [0.5, 0.6) is 0 Å². The van der Waals surface area contributed by atoms with Gasteiger partial charge in [0.25, 0.3) is 0 Å². The second-order valence-electron chi connectivity index (χ2n) is 4.86. The maximum atomic E-state index is 8.81. The maximum absolute atomic E-state index is 8.81. The molecule has 0 saturated carbocycles. The summed E-state index contributed by atoms with van der Waals surface area (Å²) in [7, 11) is 1.99. The molecule has 3 rings (SSSR count). The molecule has 1 aromatic heterocycles. The van der Waals surface area contributed by atoms with E-state index in [1.54, 1.807) is 0 Å². The van der Waals surface area contributed by atoms with Gasteiger partial charge in [0.15, 0.2) is 0 Å². The van der Waals surface area contributed by atoms with Gasteiger partial charge in [-0.05, 0) is 42.5 Å². The van der Waals surface area contributed by atoms with E-state index in [2.05, 4.69) is 10.3 Å². The molecule has 0 aliphatic rings. The fraction of sp³-hybridized carbons (Fsp3) is 0.188. The van der Waals surface area contributed by atoms with Crippen molar-refractivity contribution in [3.05, 3.63) is 47.5 Å². The Morgan fingerprint density at radius 1 is 1.19 bits per heavy atom. The molecule has 0 aliphatic heterocycles. The van der Waals surface area contributed by atoms with Gasteiger partial charge in [0.1, 0.15) is 5.82 Å². The summed E-state index contributed by atoms with van der Waals surface area (Å²) in [6.45, 7) is 0.664. The van der Waals surface area contributed by atoms with Crippen LogP contribution in [0.1, 0.15) is 0 Å². The minimum Gasteiger partial charge on any atom is -0.395 e. The summed E-state index contributed by atoms with van der Waals surface area (Å²) < 4.78 is 2.04. The summed E-state index contributed by atoms with van der Waals surface area (Å²) in [5.74, 6) is 0.904. The summed E-state index contributed by atoms with van der Waals surface area (Å²) in [6, 6.07) is 13.7. The summed E-state index contributed by atoms with van der Waals surface area (Å²) in [6.07, 6.45) is 0. The highest BCUT2D eigenvalue weighted by Crippen LogP contribution is 2.26. The summed E-state index contributed by atoms with van der Waals surface area (Å²) in [4.78, 5) is 4.66. The number of aliphatic hydroxyl groups is 1. The Hall–Kier alpha value is -2.04. The van der Waals surface area contributed by atoms with Gasteiger partial charge in [0.2, 0.25) is 0 Å². The number of hydrogen-bond donors (Lipinski definition) is 2. The Kier molecular flexibility index (Phi) is 3.82. The van der Waals surface area contributed by atoms with Crippen LogP contribution in [0.15, 0.2) is 42.5 Å². The van der Waals surface area contributed by atoms with Gasteiger partial charge in [-0.15, -0.1) is 0 Å². The first-order valence-electron chi connectivity index (χ1n) is 6.76. The number of anilines is 1. The van der Waals surface area contributed by atoms with E-state index in [1.807, 2.05) is 54.1 Å². The van der Waals surface area contributed by atoms with E-state index in [1.165, 1.54) is 0 Å². The second-order valence-corrected chi connectivity index (χ2v) is 5.29. The van der Waals surface area contributed by atoms with Crippen molar-refractivity contribution < 1.29 is 5.11 Å². The number of nitrogens with zero attached hydrogens (tertiary/aromatic N) is 2. The van der Waals surface area contributed by atoms with Crippen LogP contribution in [-0.2, 0) is 7.05 Å². The average Bonchev–Trinajstić information content (AvgIpc) is 2.83. The number of imidazole rings is 1. The minimum absolute atomic E-state index is 0.118. The predicted molar refractivity (Wildman–Crippen MR) is 86.7 cm³/mol. The first-order chi connectivity index (χ1) is 10.2. The molecule has 108 valence electrons. The summed E-state index contributed by atoms with van der Waals surface area (Å²) in [5, 5.41) is 12.6. The van der Waals surface area contributed by atoms with Gasteiger partial charge in [-0.25, -0.2) is 4.98 Å². The highest BCUT2D eigenvalue weighted by Gasteiger charge is 2.10. The van der Waals surface area contributed by atoms with Crippen LogP contribution in [-0.4, -0.2) is 27.8 Å². The number of halogens is 1. The minimum atomic E-state index is 0.118. The zero-order valence-electron chi connectivity index (χ0n) is 11.7.